The number of carbonyl (C=O) groups is 3. The van der Waals surface area contributed by atoms with E-state index in [4.69, 9.17) is 4.74 Å². The first kappa shape index (κ1) is 18.1. The van der Waals surface area contributed by atoms with Gasteiger partial charge in [0.25, 0.3) is 5.91 Å². The van der Waals surface area contributed by atoms with Gasteiger partial charge >= 0.3 is 5.97 Å². The molecule has 1 N–H and O–H groups in total. The SMILES string of the molecule is C[C@@H](OC(=O)c1ccc(N2CCCC2=O)cc1)C(=O)NCc1cccs1. The van der Waals surface area contributed by atoms with E-state index in [1.807, 2.05) is 17.5 Å². The highest BCUT2D eigenvalue weighted by Crippen LogP contribution is 2.22. The van der Waals surface area contributed by atoms with Crippen LogP contribution < -0.4 is 10.2 Å². The van der Waals surface area contributed by atoms with Gasteiger partial charge in [0.1, 0.15) is 0 Å². The Morgan fingerprint density at radius 1 is 1.27 bits per heavy atom. The lowest BCUT2D eigenvalue weighted by atomic mass is 10.2. The molecular weight excluding hydrogens is 352 g/mol. The summed E-state index contributed by atoms with van der Waals surface area (Å²) in [5.74, 6) is -0.814. The van der Waals surface area contributed by atoms with Crippen molar-refractivity contribution in [2.75, 3.05) is 11.4 Å². The maximum atomic E-state index is 12.2. The van der Waals surface area contributed by atoms with Gasteiger partial charge in [-0.3, -0.25) is 9.59 Å². The number of rotatable bonds is 6. The Morgan fingerprint density at radius 3 is 2.65 bits per heavy atom. The average molecular weight is 372 g/mol. The molecule has 0 aliphatic carbocycles. The molecule has 0 radical (unpaired) electrons. The molecule has 1 aliphatic rings. The van der Waals surface area contributed by atoms with E-state index in [2.05, 4.69) is 5.32 Å². The van der Waals surface area contributed by atoms with Gasteiger partial charge < -0.3 is 15.0 Å². The first-order valence-electron chi connectivity index (χ1n) is 8.46. The van der Waals surface area contributed by atoms with Crippen LogP contribution in [0.3, 0.4) is 0 Å². The summed E-state index contributed by atoms with van der Waals surface area (Å²) < 4.78 is 5.23. The zero-order chi connectivity index (χ0) is 18.5. The molecule has 0 spiro atoms. The van der Waals surface area contributed by atoms with Gasteiger partial charge in [-0.1, -0.05) is 6.07 Å². The first-order valence-corrected chi connectivity index (χ1v) is 9.34. The van der Waals surface area contributed by atoms with Crippen molar-refractivity contribution in [3.05, 3.63) is 52.2 Å². The predicted octanol–water partition coefficient (Wildman–Crippen LogP) is 2.74. The van der Waals surface area contributed by atoms with Crippen molar-refractivity contribution in [3.8, 4) is 0 Å². The molecule has 1 saturated heterocycles. The van der Waals surface area contributed by atoms with E-state index in [9.17, 15) is 14.4 Å². The van der Waals surface area contributed by atoms with E-state index in [-0.39, 0.29) is 11.8 Å². The summed E-state index contributed by atoms with van der Waals surface area (Å²) in [5, 5.41) is 4.68. The highest BCUT2D eigenvalue weighted by molar-refractivity contribution is 7.09. The fourth-order valence-corrected chi connectivity index (χ4v) is 3.36. The molecule has 6 nitrogen and oxygen atoms in total. The van der Waals surface area contributed by atoms with Gasteiger partial charge in [0, 0.05) is 23.5 Å². The summed E-state index contributed by atoms with van der Waals surface area (Å²) in [7, 11) is 0. The molecule has 1 aliphatic heterocycles. The molecule has 1 fully saturated rings. The number of esters is 1. The monoisotopic (exact) mass is 372 g/mol. The highest BCUT2D eigenvalue weighted by Gasteiger charge is 2.22. The van der Waals surface area contributed by atoms with Gasteiger partial charge in [0.2, 0.25) is 5.91 Å². The molecule has 3 rings (SSSR count). The third-order valence-corrected chi connectivity index (χ3v) is 5.03. The van der Waals surface area contributed by atoms with E-state index in [0.717, 1.165) is 17.0 Å². The van der Waals surface area contributed by atoms with Crippen molar-refractivity contribution < 1.29 is 19.1 Å². The molecular formula is C19H20N2O4S. The van der Waals surface area contributed by atoms with E-state index >= 15 is 0 Å². The zero-order valence-electron chi connectivity index (χ0n) is 14.4. The Kier molecular flexibility index (Phi) is 5.68. The minimum absolute atomic E-state index is 0.0939. The van der Waals surface area contributed by atoms with Crippen LogP contribution in [0.15, 0.2) is 41.8 Å². The Balaban J connectivity index is 1.53. The minimum atomic E-state index is -0.887. The number of hydrogen-bond acceptors (Lipinski definition) is 5. The van der Waals surface area contributed by atoms with Crippen LogP contribution in [-0.2, 0) is 20.9 Å². The second-order valence-corrected chi connectivity index (χ2v) is 7.07. The molecule has 0 saturated carbocycles. The average Bonchev–Trinajstić information content (AvgIpc) is 3.31. The van der Waals surface area contributed by atoms with Crippen LogP contribution in [0.4, 0.5) is 5.69 Å². The number of hydrogen-bond donors (Lipinski definition) is 1. The van der Waals surface area contributed by atoms with Crippen molar-refractivity contribution in [1.82, 2.24) is 5.32 Å². The molecule has 2 aromatic rings. The normalized spacial score (nSPS) is 15.0. The lowest BCUT2D eigenvalue weighted by Gasteiger charge is -2.16. The summed E-state index contributed by atoms with van der Waals surface area (Å²) in [6, 6.07) is 10.5. The molecule has 1 atom stereocenters. The van der Waals surface area contributed by atoms with Crippen molar-refractivity contribution >= 4 is 34.8 Å². The summed E-state index contributed by atoms with van der Waals surface area (Å²) in [6.45, 7) is 2.65. The quantitative estimate of drug-likeness (QED) is 0.791. The molecule has 2 heterocycles. The van der Waals surface area contributed by atoms with Crippen LogP contribution >= 0.6 is 11.3 Å². The van der Waals surface area contributed by atoms with Crippen LogP contribution in [0, 0.1) is 0 Å². The fourth-order valence-electron chi connectivity index (χ4n) is 2.71. The highest BCUT2D eigenvalue weighted by atomic mass is 32.1. The number of carbonyl (C=O) groups excluding carboxylic acids is 3. The maximum absolute atomic E-state index is 12.2. The van der Waals surface area contributed by atoms with Gasteiger partial charge in [0.15, 0.2) is 6.10 Å². The van der Waals surface area contributed by atoms with E-state index in [0.29, 0.717) is 25.1 Å². The Morgan fingerprint density at radius 2 is 2.04 bits per heavy atom. The smallest absolute Gasteiger partial charge is 0.338 e. The predicted molar refractivity (Wildman–Crippen MR) is 99.1 cm³/mol. The minimum Gasteiger partial charge on any atom is -0.449 e. The summed E-state index contributed by atoms with van der Waals surface area (Å²) in [6.07, 6.45) is 0.519. The lowest BCUT2D eigenvalue weighted by molar-refractivity contribution is -0.129. The van der Waals surface area contributed by atoms with Crippen LogP contribution in [-0.4, -0.2) is 30.4 Å². The Labute approximate surface area is 155 Å². The second-order valence-electron chi connectivity index (χ2n) is 6.04. The third kappa shape index (κ3) is 4.29. The van der Waals surface area contributed by atoms with Crippen molar-refractivity contribution in [1.29, 1.82) is 0 Å². The van der Waals surface area contributed by atoms with Crippen LogP contribution in [0.1, 0.15) is 35.0 Å². The third-order valence-electron chi connectivity index (χ3n) is 4.16. The summed E-state index contributed by atoms with van der Waals surface area (Å²) in [5.41, 5.74) is 1.11. The molecule has 1 aromatic heterocycles. The van der Waals surface area contributed by atoms with Crippen LogP contribution in [0.2, 0.25) is 0 Å². The van der Waals surface area contributed by atoms with Gasteiger partial charge in [-0.15, -0.1) is 11.3 Å². The molecule has 0 bridgehead atoms. The number of nitrogens with one attached hydrogen (secondary N) is 1. The number of ether oxygens (including phenoxy) is 1. The number of anilines is 1. The van der Waals surface area contributed by atoms with Crippen molar-refractivity contribution in [2.45, 2.75) is 32.4 Å². The molecule has 7 heteroatoms. The van der Waals surface area contributed by atoms with Crippen LogP contribution in [0.5, 0.6) is 0 Å². The first-order chi connectivity index (χ1) is 12.5. The maximum Gasteiger partial charge on any atom is 0.338 e. The molecule has 26 heavy (non-hydrogen) atoms. The molecule has 1 aromatic carbocycles. The largest absolute Gasteiger partial charge is 0.449 e. The molecule has 136 valence electrons. The van der Waals surface area contributed by atoms with E-state index < -0.39 is 12.1 Å². The topological polar surface area (TPSA) is 75.7 Å². The van der Waals surface area contributed by atoms with Crippen molar-refractivity contribution in [2.24, 2.45) is 0 Å². The number of nitrogens with zero attached hydrogens (tertiary/aromatic N) is 1. The van der Waals surface area contributed by atoms with Gasteiger partial charge in [-0.2, -0.15) is 0 Å². The summed E-state index contributed by atoms with van der Waals surface area (Å²) >= 11 is 1.55. The standard InChI is InChI=1S/C19H20N2O4S/c1-13(18(23)20-12-16-4-3-11-26-16)25-19(24)14-6-8-15(9-7-14)21-10-2-5-17(21)22/h3-4,6-9,11,13H,2,5,10,12H2,1H3,(H,20,23)/t13-/m1/s1. The summed E-state index contributed by atoms with van der Waals surface area (Å²) in [4.78, 5) is 38.7. The van der Waals surface area contributed by atoms with Crippen molar-refractivity contribution in [3.63, 3.8) is 0 Å². The second kappa shape index (κ2) is 8.14. The zero-order valence-corrected chi connectivity index (χ0v) is 15.3. The molecule has 2 amide bonds. The lowest BCUT2D eigenvalue weighted by Crippen LogP contribution is -2.35. The number of thiophene rings is 1. The van der Waals surface area contributed by atoms with E-state index in [1.165, 1.54) is 0 Å². The Hall–Kier alpha value is -2.67. The Bertz CT molecular complexity index is 786. The van der Waals surface area contributed by atoms with Gasteiger partial charge in [-0.05, 0) is 49.1 Å². The fraction of sp³-hybridized carbons (Fsp3) is 0.316. The van der Waals surface area contributed by atoms with Gasteiger partial charge in [0.05, 0.1) is 12.1 Å². The number of benzene rings is 1. The van der Waals surface area contributed by atoms with Gasteiger partial charge in [-0.25, -0.2) is 4.79 Å². The van der Waals surface area contributed by atoms with Crippen LogP contribution in [0.25, 0.3) is 0 Å². The number of amides is 2. The van der Waals surface area contributed by atoms with E-state index in [1.54, 1.807) is 47.4 Å². The molecule has 0 unspecified atom stereocenters.